The van der Waals surface area contributed by atoms with Gasteiger partial charge in [-0.25, -0.2) is 21.6 Å². The third-order valence-corrected chi connectivity index (χ3v) is 7.20. The zero-order valence-electron chi connectivity index (χ0n) is 14.2. The number of benzene rings is 2. The van der Waals surface area contributed by atoms with E-state index in [1.165, 1.54) is 35.4 Å². The van der Waals surface area contributed by atoms with Crippen LogP contribution >= 0.6 is 0 Å². The standard InChI is InChI=1S/C18H21NO4S2/c1-13(15-7-6-14-4-3-5-16(14)12-15)19-25(22,23)18-10-8-17(9-11-18)24(2,20)21/h6-13,19H,3-5H2,1-2H3. The molecule has 5 nitrogen and oxygen atoms in total. The first-order valence-corrected chi connectivity index (χ1v) is 11.5. The van der Waals surface area contributed by atoms with Gasteiger partial charge in [0.05, 0.1) is 9.79 Å². The lowest BCUT2D eigenvalue weighted by Crippen LogP contribution is -2.27. The summed E-state index contributed by atoms with van der Waals surface area (Å²) in [4.78, 5) is 0.144. The molecule has 0 aliphatic heterocycles. The van der Waals surface area contributed by atoms with Crippen LogP contribution in [0.15, 0.2) is 52.3 Å². The highest BCUT2D eigenvalue weighted by Crippen LogP contribution is 2.26. The van der Waals surface area contributed by atoms with E-state index in [1.54, 1.807) is 6.92 Å². The summed E-state index contributed by atoms with van der Waals surface area (Å²) in [6.07, 6.45) is 4.36. The molecule has 1 atom stereocenters. The molecule has 2 aromatic carbocycles. The fourth-order valence-corrected chi connectivity index (χ4v) is 4.96. The second kappa shape index (κ2) is 6.55. The van der Waals surface area contributed by atoms with Gasteiger partial charge in [-0.15, -0.1) is 0 Å². The summed E-state index contributed by atoms with van der Waals surface area (Å²) in [6, 6.07) is 11.0. The number of aryl methyl sites for hydroxylation is 2. The molecule has 0 heterocycles. The van der Waals surface area contributed by atoms with Crippen molar-refractivity contribution in [3.63, 3.8) is 0 Å². The average molecular weight is 380 g/mol. The second-order valence-electron chi connectivity index (χ2n) is 6.47. The molecule has 134 valence electrons. The van der Waals surface area contributed by atoms with Crippen LogP contribution in [-0.2, 0) is 32.7 Å². The second-order valence-corrected chi connectivity index (χ2v) is 10.2. The molecule has 2 aromatic rings. The van der Waals surface area contributed by atoms with Crippen molar-refractivity contribution < 1.29 is 16.8 Å². The number of sulfone groups is 1. The largest absolute Gasteiger partial charge is 0.241 e. The Labute approximate surface area is 149 Å². The predicted octanol–water partition coefficient (Wildman–Crippen LogP) is 2.62. The van der Waals surface area contributed by atoms with Gasteiger partial charge in [-0.3, -0.25) is 0 Å². The molecular weight excluding hydrogens is 358 g/mol. The number of sulfonamides is 1. The van der Waals surface area contributed by atoms with Crippen LogP contribution < -0.4 is 4.72 Å². The Bertz CT molecular complexity index is 994. The molecule has 0 amide bonds. The highest BCUT2D eigenvalue weighted by Gasteiger charge is 2.20. The van der Waals surface area contributed by atoms with Gasteiger partial charge in [-0.05, 0) is 67.1 Å². The fourth-order valence-electron chi connectivity index (χ4n) is 3.10. The lowest BCUT2D eigenvalue weighted by Gasteiger charge is -2.16. The molecule has 1 N–H and O–H groups in total. The Morgan fingerprint density at radius 3 is 2.12 bits per heavy atom. The quantitative estimate of drug-likeness (QED) is 0.866. The fraction of sp³-hybridized carbons (Fsp3) is 0.333. The van der Waals surface area contributed by atoms with E-state index in [-0.39, 0.29) is 15.8 Å². The topological polar surface area (TPSA) is 80.3 Å². The molecule has 0 saturated heterocycles. The van der Waals surface area contributed by atoms with Crippen molar-refractivity contribution in [1.29, 1.82) is 0 Å². The smallest absolute Gasteiger partial charge is 0.224 e. The Morgan fingerprint density at radius 2 is 1.48 bits per heavy atom. The first-order chi connectivity index (χ1) is 11.7. The van der Waals surface area contributed by atoms with Crippen molar-refractivity contribution in [3.05, 3.63) is 59.2 Å². The minimum atomic E-state index is -3.73. The first-order valence-electron chi connectivity index (χ1n) is 8.11. The van der Waals surface area contributed by atoms with Crippen LogP contribution in [0.25, 0.3) is 0 Å². The van der Waals surface area contributed by atoms with Gasteiger partial charge >= 0.3 is 0 Å². The SMILES string of the molecule is CC(NS(=O)(=O)c1ccc(S(C)(=O)=O)cc1)c1ccc2c(c1)CCC2. The molecule has 0 radical (unpaired) electrons. The summed E-state index contributed by atoms with van der Waals surface area (Å²) in [6.45, 7) is 1.80. The number of hydrogen-bond donors (Lipinski definition) is 1. The summed E-state index contributed by atoms with van der Waals surface area (Å²) in [5, 5.41) is 0. The third-order valence-electron chi connectivity index (χ3n) is 4.52. The van der Waals surface area contributed by atoms with Crippen LogP contribution in [0.2, 0.25) is 0 Å². The highest BCUT2D eigenvalue weighted by atomic mass is 32.2. The van der Waals surface area contributed by atoms with E-state index >= 15 is 0 Å². The summed E-state index contributed by atoms with van der Waals surface area (Å²) in [5.41, 5.74) is 3.56. The van der Waals surface area contributed by atoms with E-state index in [4.69, 9.17) is 0 Å². The van der Waals surface area contributed by atoms with Gasteiger partial charge in [0, 0.05) is 12.3 Å². The van der Waals surface area contributed by atoms with E-state index in [9.17, 15) is 16.8 Å². The molecule has 0 spiro atoms. The Kier molecular flexibility index (Phi) is 4.74. The van der Waals surface area contributed by atoms with Crippen LogP contribution in [0.1, 0.15) is 36.1 Å². The van der Waals surface area contributed by atoms with E-state index in [1.807, 2.05) is 6.07 Å². The zero-order valence-corrected chi connectivity index (χ0v) is 15.8. The highest BCUT2D eigenvalue weighted by molar-refractivity contribution is 7.90. The van der Waals surface area contributed by atoms with Gasteiger partial charge < -0.3 is 0 Å². The molecule has 0 bridgehead atoms. The maximum absolute atomic E-state index is 12.6. The Morgan fingerprint density at radius 1 is 0.880 bits per heavy atom. The number of hydrogen-bond acceptors (Lipinski definition) is 4. The van der Waals surface area contributed by atoms with Crippen LogP contribution in [0, 0.1) is 0 Å². The predicted molar refractivity (Wildman–Crippen MR) is 96.8 cm³/mol. The molecule has 0 aromatic heterocycles. The molecule has 1 aliphatic carbocycles. The van der Waals surface area contributed by atoms with Crippen molar-refractivity contribution >= 4 is 19.9 Å². The molecule has 1 aliphatic rings. The van der Waals surface area contributed by atoms with E-state index < -0.39 is 19.9 Å². The maximum Gasteiger partial charge on any atom is 0.241 e. The van der Waals surface area contributed by atoms with Crippen LogP contribution in [0.5, 0.6) is 0 Å². The first kappa shape index (κ1) is 18.1. The van der Waals surface area contributed by atoms with Crippen molar-refractivity contribution in [3.8, 4) is 0 Å². The van der Waals surface area contributed by atoms with E-state index in [0.717, 1.165) is 31.1 Å². The molecule has 3 rings (SSSR count). The Balaban J connectivity index is 1.81. The van der Waals surface area contributed by atoms with Gasteiger partial charge in [0.15, 0.2) is 9.84 Å². The van der Waals surface area contributed by atoms with Crippen molar-refractivity contribution in [1.82, 2.24) is 4.72 Å². The number of rotatable bonds is 5. The van der Waals surface area contributed by atoms with Gasteiger partial charge in [0.1, 0.15) is 0 Å². The van der Waals surface area contributed by atoms with Crippen LogP contribution in [0.4, 0.5) is 0 Å². The number of nitrogens with one attached hydrogen (secondary N) is 1. The molecule has 25 heavy (non-hydrogen) atoms. The van der Waals surface area contributed by atoms with Gasteiger partial charge in [0.25, 0.3) is 0 Å². The maximum atomic E-state index is 12.6. The van der Waals surface area contributed by atoms with Crippen LogP contribution in [-0.4, -0.2) is 23.1 Å². The zero-order chi connectivity index (χ0) is 18.2. The minimum Gasteiger partial charge on any atom is -0.224 e. The van der Waals surface area contributed by atoms with Gasteiger partial charge in [0.2, 0.25) is 10.0 Å². The third kappa shape index (κ3) is 3.94. The molecular formula is C18H21NO4S2. The monoisotopic (exact) mass is 379 g/mol. The van der Waals surface area contributed by atoms with E-state index in [2.05, 4.69) is 16.9 Å². The van der Waals surface area contributed by atoms with Crippen molar-refractivity contribution in [2.75, 3.05) is 6.26 Å². The lowest BCUT2D eigenvalue weighted by molar-refractivity contribution is 0.566. The minimum absolute atomic E-state index is 0.0490. The average Bonchev–Trinajstić information content (AvgIpc) is 3.01. The van der Waals surface area contributed by atoms with Gasteiger partial charge in [-0.2, -0.15) is 0 Å². The Hall–Kier alpha value is -1.70. The summed E-state index contributed by atoms with van der Waals surface area (Å²) >= 11 is 0. The van der Waals surface area contributed by atoms with Crippen molar-refractivity contribution in [2.45, 2.75) is 42.0 Å². The van der Waals surface area contributed by atoms with Crippen molar-refractivity contribution in [2.24, 2.45) is 0 Å². The van der Waals surface area contributed by atoms with E-state index in [0.29, 0.717) is 0 Å². The summed E-state index contributed by atoms with van der Waals surface area (Å²) in [7, 11) is -7.08. The summed E-state index contributed by atoms with van der Waals surface area (Å²) in [5.74, 6) is 0. The molecule has 0 saturated carbocycles. The normalized spacial score (nSPS) is 15.8. The summed E-state index contributed by atoms with van der Waals surface area (Å²) < 4.78 is 50.7. The lowest BCUT2D eigenvalue weighted by atomic mass is 10.0. The van der Waals surface area contributed by atoms with Crippen LogP contribution in [0.3, 0.4) is 0 Å². The molecule has 1 unspecified atom stereocenters. The molecule has 0 fully saturated rings. The number of fused-ring (bicyclic) bond motifs is 1. The molecule has 7 heteroatoms. The van der Waals surface area contributed by atoms with Gasteiger partial charge in [-0.1, -0.05) is 18.2 Å².